The van der Waals surface area contributed by atoms with Crippen molar-refractivity contribution in [3.05, 3.63) is 0 Å². The van der Waals surface area contributed by atoms with Crippen LogP contribution < -0.4 is 147 Å². The van der Waals surface area contributed by atoms with E-state index < -0.39 is 241 Å². The van der Waals surface area contributed by atoms with Crippen LogP contribution in [0.1, 0.15) is 162 Å². The third kappa shape index (κ3) is 38.9. The molecular weight excluding hydrogens is 1600 g/mol. The Hall–Kier alpha value is -12.9. The average molecular weight is 1730 g/mol. The number of carbonyl (C=O) groups excluding carboxylic acids is 16. The van der Waals surface area contributed by atoms with Crippen LogP contribution in [0.25, 0.3) is 0 Å². The molecule has 42 N–H and O–H groups in total. The minimum absolute atomic E-state index is 0.00338. The maximum atomic E-state index is 15.2. The Balaban J connectivity index is 2.35. The number of hydrogen-bond donors (Lipinski definition) is 33. The monoisotopic (exact) mass is 1730 g/mol. The Morgan fingerprint density at radius 3 is 1.07 bits per heavy atom. The second-order valence-electron chi connectivity index (χ2n) is 30.0. The van der Waals surface area contributed by atoms with Crippen LogP contribution in [0.4, 0.5) is 0 Å². The number of rotatable bonds is 34. The lowest BCUT2D eigenvalue weighted by Gasteiger charge is -2.34. The first-order valence-corrected chi connectivity index (χ1v) is 40.6. The first-order valence-electron chi connectivity index (χ1n) is 40.6. The molecule has 0 aromatic carbocycles. The van der Waals surface area contributed by atoms with Crippen LogP contribution >= 0.6 is 0 Å². The lowest BCUT2D eigenvalue weighted by atomic mass is 10.0. The maximum Gasteiger partial charge on any atom is 0.246 e. The third-order valence-corrected chi connectivity index (χ3v) is 19.7. The molecular formula is C71H129N35O16. The van der Waals surface area contributed by atoms with Gasteiger partial charge >= 0.3 is 0 Å². The highest BCUT2D eigenvalue weighted by molar-refractivity contribution is 6.02. The van der Waals surface area contributed by atoms with Gasteiger partial charge in [-0.05, 0) is 148 Å². The predicted octanol–water partition coefficient (Wildman–Crippen LogP) is -12.0. The van der Waals surface area contributed by atoms with Crippen LogP contribution in [0.3, 0.4) is 0 Å². The molecule has 51 nitrogen and oxygen atoms in total. The SMILES string of the molecule is CC(C)[C@@H]1NC(=O)[C@H](CCCNC(=N)N)NC(=O)[C@H]2CCCN2C(=O)[C@@H]2CCCN2C(=O)[C@H](CCCNC(=N)N)NC(=O)[C@H](CCCNC(=N)N)NC(=O)[C@H](CC(N)=O)NC(=O)[C@H](CCCNC(=N)N)NC(=O)[C@H](CCC(N)=O)NC(=O)CNC(=O)[C@H](CCCCN)NC(=O)[C@H](C)NC(=O)[C@H](CCCNC(=N)N)NC(=O)[C@H](CCCNC(=N)N)NC1=O. The summed E-state index contributed by atoms with van der Waals surface area (Å²) in [4.78, 5) is 232. The Labute approximate surface area is 705 Å². The van der Waals surface area contributed by atoms with Crippen molar-refractivity contribution in [2.24, 2.45) is 57.5 Å². The summed E-state index contributed by atoms with van der Waals surface area (Å²) >= 11 is 0. The quantitative estimate of drug-likeness (QED) is 0.0162. The van der Waals surface area contributed by atoms with E-state index in [2.05, 4.69) is 95.7 Å². The summed E-state index contributed by atoms with van der Waals surface area (Å²) < 4.78 is 0. The van der Waals surface area contributed by atoms with E-state index in [4.69, 9.17) is 84.1 Å². The minimum atomic E-state index is -1.96. The zero-order valence-electron chi connectivity index (χ0n) is 69.3. The van der Waals surface area contributed by atoms with Crippen molar-refractivity contribution < 1.29 is 76.7 Å². The molecule has 0 aromatic rings. The predicted molar refractivity (Wildman–Crippen MR) is 444 cm³/mol. The van der Waals surface area contributed by atoms with Gasteiger partial charge < -0.3 is 157 Å². The van der Waals surface area contributed by atoms with Crippen LogP contribution in [0.15, 0.2) is 0 Å². The van der Waals surface area contributed by atoms with Crippen LogP contribution in [0.2, 0.25) is 0 Å². The highest BCUT2D eigenvalue weighted by Crippen LogP contribution is 2.27. The number of carbonyl (C=O) groups is 16. The Morgan fingerprint density at radius 2 is 0.680 bits per heavy atom. The number of amides is 16. The van der Waals surface area contributed by atoms with Gasteiger partial charge in [0.1, 0.15) is 78.5 Å². The molecule has 0 spiro atoms. The van der Waals surface area contributed by atoms with E-state index >= 15 is 9.59 Å². The Bertz CT molecular complexity index is 3680. The molecule has 3 fully saturated rings. The molecule has 3 rings (SSSR count). The fourth-order valence-electron chi connectivity index (χ4n) is 13.4. The van der Waals surface area contributed by atoms with Gasteiger partial charge in [0.05, 0.1) is 13.0 Å². The van der Waals surface area contributed by atoms with Gasteiger partial charge in [0.25, 0.3) is 0 Å². The Kier molecular flexibility index (Phi) is 46.0. The van der Waals surface area contributed by atoms with Crippen molar-refractivity contribution in [3.8, 4) is 0 Å². The second-order valence-corrected chi connectivity index (χ2v) is 30.0. The van der Waals surface area contributed by atoms with Gasteiger partial charge in [-0.15, -0.1) is 0 Å². The summed E-state index contributed by atoms with van der Waals surface area (Å²) in [7, 11) is 0. The van der Waals surface area contributed by atoms with Crippen molar-refractivity contribution in [1.82, 2.24) is 106 Å². The molecule has 3 heterocycles. The molecule has 122 heavy (non-hydrogen) atoms. The molecule has 0 unspecified atom stereocenters. The van der Waals surface area contributed by atoms with E-state index in [0.29, 0.717) is 6.42 Å². The summed E-state index contributed by atoms with van der Waals surface area (Å²) in [6.45, 7) is 3.38. The fraction of sp³-hybridized carbons (Fsp3) is 0.690. The minimum Gasteiger partial charge on any atom is -0.370 e. The van der Waals surface area contributed by atoms with Crippen molar-refractivity contribution in [3.63, 3.8) is 0 Å². The molecule has 0 saturated carbocycles. The standard InChI is InChI=1S/C71H129N35O16/c1-36(2)52-63(120)101-42(18-9-29-90-69(81)82)56(113)97-39(15-6-26-87-66(75)76)55(112)94-37(3)53(110)96-38(14-4-5-25-72)54(111)93-35-51(109)95-44(23-24-49(73)107)59(116)98-41(17-8-28-89-68(79)80)58(115)103-46(34-50(74)108)61(118)99-40(16-7-27-88-67(77)78)57(114)102-45(20-11-31-92-71(85)86)64(121)106-33-13-22-48(106)65(122)105-32-12-21-47(105)62(119)100-43(60(117)104-52)19-10-30-91-70(83)84/h36-48,52H,4-35,72H2,1-3H3,(H2,73,107)(H2,74,108)(H,93,111)(H,94,112)(H,95,109)(H,96,110)(H,97,113)(H,98,116)(H,99,118)(H,100,119)(H,101,120)(H,102,114)(H,103,115)(H,104,117)(H4,75,76,87)(H4,77,78,88)(H4,79,80,89)(H4,81,82,90)(H4,83,84,91)(H4,85,86,92)/t37-,38-,39-,40-,41-,42-,43-,44-,45-,46-,47+,48-,52-/m0/s1. The van der Waals surface area contributed by atoms with E-state index in [1.165, 1.54) is 16.7 Å². The summed E-state index contributed by atoms with van der Waals surface area (Å²) in [5.41, 5.74) is 50.2. The lowest BCUT2D eigenvalue weighted by molar-refractivity contribution is -0.148. The van der Waals surface area contributed by atoms with Crippen molar-refractivity contribution >= 4 is 130 Å². The summed E-state index contributed by atoms with van der Waals surface area (Å²) in [6.07, 6.45) is -2.31. The van der Waals surface area contributed by atoms with Gasteiger partial charge in [-0.1, -0.05) is 13.8 Å². The van der Waals surface area contributed by atoms with E-state index in [0.717, 1.165) is 0 Å². The van der Waals surface area contributed by atoms with Gasteiger partial charge in [-0.2, -0.15) is 0 Å². The maximum absolute atomic E-state index is 15.2. The molecule has 0 aromatic heterocycles. The number of fused-ring (bicyclic) bond motifs is 2. The second kappa shape index (κ2) is 54.3. The third-order valence-electron chi connectivity index (χ3n) is 19.7. The summed E-state index contributed by atoms with van der Waals surface area (Å²) in [5.74, 6) is -19.3. The lowest BCUT2D eigenvalue weighted by Crippen LogP contribution is -2.61. The average Bonchev–Trinajstić information content (AvgIpc) is 1.64. The number of nitrogens with two attached hydrogens (primary N) is 9. The first kappa shape index (κ1) is 103. The topological polar surface area (TPSA) is 873 Å². The van der Waals surface area contributed by atoms with Gasteiger partial charge in [0.15, 0.2) is 35.8 Å². The molecule has 16 amide bonds. The van der Waals surface area contributed by atoms with Crippen molar-refractivity contribution in [1.29, 1.82) is 32.5 Å². The van der Waals surface area contributed by atoms with Crippen molar-refractivity contribution in [2.45, 2.75) is 241 Å². The number of hydrogen-bond acceptors (Lipinski definition) is 23. The fourth-order valence-corrected chi connectivity index (χ4v) is 13.4. The highest BCUT2D eigenvalue weighted by Gasteiger charge is 2.46. The normalized spacial score (nSPS) is 24.0. The number of unbranched alkanes of at least 4 members (excludes halogenated alkanes) is 1. The molecule has 0 bridgehead atoms. The molecule has 0 radical (unpaired) electrons. The number of nitrogens with zero attached hydrogens (tertiary/aromatic N) is 2. The molecule has 684 valence electrons. The summed E-state index contributed by atoms with van der Waals surface area (Å²) in [6, 6.07) is -20.1. The molecule has 13 atom stereocenters. The van der Waals surface area contributed by atoms with Crippen LogP contribution in [0.5, 0.6) is 0 Å². The molecule has 3 aliphatic heterocycles. The number of guanidine groups is 6. The molecule has 0 aliphatic carbocycles. The molecule has 3 aliphatic rings. The van der Waals surface area contributed by atoms with Crippen molar-refractivity contribution in [2.75, 3.05) is 65.4 Å². The van der Waals surface area contributed by atoms with E-state index in [9.17, 15) is 67.1 Å². The zero-order chi connectivity index (χ0) is 91.3. The largest absolute Gasteiger partial charge is 0.370 e. The smallest absolute Gasteiger partial charge is 0.246 e. The Morgan fingerprint density at radius 1 is 0.361 bits per heavy atom. The van der Waals surface area contributed by atoms with E-state index in [1.807, 2.05) is 0 Å². The number of primary amides is 2. The molecule has 51 heteroatoms. The van der Waals surface area contributed by atoms with E-state index in [1.54, 1.807) is 13.8 Å². The highest BCUT2D eigenvalue weighted by atomic mass is 16.2. The first-order chi connectivity index (χ1) is 57.6. The van der Waals surface area contributed by atoms with Crippen LogP contribution in [-0.4, -0.2) is 284 Å². The zero-order valence-corrected chi connectivity index (χ0v) is 69.3. The van der Waals surface area contributed by atoms with E-state index in [-0.39, 0.29) is 174 Å². The van der Waals surface area contributed by atoms with Gasteiger partial charge in [-0.3, -0.25) is 109 Å². The van der Waals surface area contributed by atoms with Gasteiger partial charge in [0, 0.05) is 58.8 Å². The van der Waals surface area contributed by atoms with Gasteiger partial charge in [0.2, 0.25) is 94.5 Å². The molecule has 3 saturated heterocycles. The van der Waals surface area contributed by atoms with Crippen LogP contribution in [0, 0.1) is 38.4 Å². The summed E-state index contributed by atoms with van der Waals surface area (Å²) in [5, 5.41) is 92.3. The van der Waals surface area contributed by atoms with Gasteiger partial charge in [-0.25, -0.2) is 0 Å². The van der Waals surface area contributed by atoms with Crippen LogP contribution in [-0.2, 0) is 76.7 Å². The number of nitrogens with one attached hydrogen (secondary N) is 24.